The van der Waals surface area contributed by atoms with E-state index in [1.54, 1.807) is 6.07 Å². The molecule has 1 rings (SSSR count). The first-order valence-corrected chi connectivity index (χ1v) is 7.99. The number of aliphatic hydroxyl groups is 1. The molecule has 128 valence electrons. The number of halogens is 1. The van der Waals surface area contributed by atoms with Crippen LogP contribution in [0.25, 0.3) is 0 Å². The lowest BCUT2D eigenvalue weighted by atomic mass is 10.2. The van der Waals surface area contributed by atoms with E-state index in [0.29, 0.717) is 49.3 Å². The first-order valence-electron chi connectivity index (χ1n) is 7.19. The van der Waals surface area contributed by atoms with Gasteiger partial charge in [0.15, 0.2) is 5.88 Å². The summed E-state index contributed by atoms with van der Waals surface area (Å²) in [5, 5.41) is 18.7. The highest BCUT2D eigenvalue weighted by Crippen LogP contribution is 2.17. The second kappa shape index (κ2) is 13.9. The molecular weight excluding hydrogens is 366 g/mol. The number of ether oxygens (including phenoxy) is 1. The van der Waals surface area contributed by atoms with Crippen LogP contribution in [0.1, 0.15) is 31.2 Å². The van der Waals surface area contributed by atoms with Gasteiger partial charge in [0.1, 0.15) is 6.29 Å². The van der Waals surface area contributed by atoms with Gasteiger partial charge in [-0.1, -0.05) is 0 Å². The van der Waals surface area contributed by atoms with Gasteiger partial charge < -0.3 is 20.0 Å². The summed E-state index contributed by atoms with van der Waals surface area (Å²) >= 11 is 3.19. The Morgan fingerprint density at radius 2 is 2.22 bits per heavy atom. The lowest BCUT2D eigenvalue weighted by Gasteiger charge is -2.11. The molecule has 8 heteroatoms. The molecule has 0 bridgehead atoms. The molecule has 23 heavy (non-hydrogen) atoms. The molecule has 0 spiro atoms. The molecule has 1 aromatic rings. The van der Waals surface area contributed by atoms with Crippen LogP contribution in [0.15, 0.2) is 15.3 Å². The summed E-state index contributed by atoms with van der Waals surface area (Å²) in [5.74, 6) is 0.420. The van der Waals surface area contributed by atoms with Crippen molar-refractivity contribution in [3.05, 3.63) is 26.5 Å². The van der Waals surface area contributed by atoms with Crippen LogP contribution in [0, 0.1) is 11.3 Å². The maximum Gasteiger partial charge on any atom is 0.265 e. The predicted octanol–water partition coefficient (Wildman–Crippen LogP) is 1.50. The number of carbonyl (C=O) groups is 1. The monoisotopic (exact) mass is 387 g/mol. The van der Waals surface area contributed by atoms with Gasteiger partial charge in [-0.2, -0.15) is 5.26 Å². The highest BCUT2D eigenvalue weighted by molar-refractivity contribution is 9.10. The van der Waals surface area contributed by atoms with E-state index in [0.717, 1.165) is 25.4 Å². The van der Waals surface area contributed by atoms with E-state index in [4.69, 9.17) is 15.1 Å². The zero-order valence-corrected chi connectivity index (χ0v) is 14.7. The van der Waals surface area contributed by atoms with Crippen molar-refractivity contribution in [3.8, 4) is 11.9 Å². The van der Waals surface area contributed by atoms with Crippen molar-refractivity contribution in [3.63, 3.8) is 0 Å². The minimum absolute atomic E-state index is 0.255. The smallest absolute Gasteiger partial charge is 0.265 e. The number of carbonyl (C=O) groups excluding carboxylic acids is 1. The molecule has 0 aliphatic heterocycles. The molecule has 0 aliphatic rings. The van der Waals surface area contributed by atoms with Crippen LogP contribution in [0.3, 0.4) is 0 Å². The number of nitrogens with zero attached hydrogens (tertiary/aromatic N) is 1. The number of hydrogen-bond acceptors (Lipinski definition) is 6. The van der Waals surface area contributed by atoms with Crippen molar-refractivity contribution < 1.29 is 14.6 Å². The Kier molecular flexibility index (Phi) is 12.9. The van der Waals surface area contributed by atoms with Crippen LogP contribution in [0.5, 0.6) is 5.88 Å². The minimum Gasteiger partial charge on any atom is -0.479 e. The van der Waals surface area contributed by atoms with E-state index in [1.807, 2.05) is 6.07 Å². The van der Waals surface area contributed by atoms with Crippen LogP contribution in [0.4, 0.5) is 0 Å². The van der Waals surface area contributed by atoms with E-state index in [9.17, 15) is 9.59 Å². The van der Waals surface area contributed by atoms with E-state index in [2.05, 4.69) is 26.2 Å². The van der Waals surface area contributed by atoms with Crippen molar-refractivity contribution in [2.45, 2.75) is 32.2 Å². The van der Waals surface area contributed by atoms with Crippen molar-refractivity contribution in [1.29, 1.82) is 5.26 Å². The largest absolute Gasteiger partial charge is 0.479 e. The Labute approximate surface area is 143 Å². The SMILES string of the molecule is CO.N#CCCCOc1[nH]c(=O)c(Br)cc1CNCCCC=O. The van der Waals surface area contributed by atoms with Crippen molar-refractivity contribution >= 4 is 22.2 Å². The minimum atomic E-state index is -0.255. The Bertz CT molecular complexity index is 555. The fourth-order valence-electron chi connectivity index (χ4n) is 1.65. The average molecular weight is 388 g/mol. The van der Waals surface area contributed by atoms with Gasteiger partial charge in [0.05, 0.1) is 17.1 Å². The number of aromatic amines is 1. The quantitative estimate of drug-likeness (QED) is 0.413. The number of hydrogen-bond donors (Lipinski definition) is 3. The first-order chi connectivity index (χ1) is 11.2. The topological polar surface area (TPSA) is 115 Å². The molecular formula is C15H22BrN3O4. The van der Waals surface area contributed by atoms with Gasteiger partial charge in [-0.05, 0) is 41.4 Å². The molecule has 1 heterocycles. The zero-order valence-electron chi connectivity index (χ0n) is 13.1. The van der Waals surface area contributed by atoms with Gasteiger partial charge >= 0.3 is 0 Å². The highest BCUT2D eigenvalue weighted by Gasteiger charge is 2.08. The van der Waals surface area contributed by atoms with E-state index >= 15 is 0 Å². The molecule has 3 N–H and O–H groups in total. The molecule has 0 radical (unpaired) electrons. The molecule has 0 amide bonds. The Hall–Kier alpha value is -1.69. The third-order valence-corrected chi connectivity index (χ3v) is 3.30. The highest BCUT2D eigenvalue weighted by atomic mass is 79.9. The Morgan fingerprint density at radius 1 is 1.48 bits per heavy atom. The molecule has 0 fully saturated rings. The second-order valence-electron chi connectivity index (χ2n) is 4.40. The number of pyridine rings is 1. The molecule has 1 aromatic heterocycles. The number of H-pyrrole nitrogens is 1. The standard InChI is InChI=1S/C14H18BrN3O3.CH4O/c15-12-9-11(10-17-6-2-3-7-19)14(18-13(12)20)21-8-4-1-5-16;1-2/h7,9,17H,1-4,6,8,10H2,(H,18,20);2H,1H3. The first kappa shape index (κ1) is 21.3. The van der Waals surface area contributed by atoms with Crippen LogP contribution < -0.4 is 15.6 Å². The number of unbranched alkanes of at least 4 members (excludes halogenated alkanes) is 2. The summed E-state index contributed by atoms with van der Waals surface area (Å²) < 4.78 is 5.97. The Morgan fingerprint density at radius 3 is 2.87 bits per heavy atom. The molecule has 0 atom stereocenters. The summed E-state index contributed by atoms with van der Waals surface area (Å²) in [6.07, 6.45) is 3.22. The van der Waals surface area contributed by atoms with Crippen molar-refractivity contribution in [1.82, 2.24) is 10.3 Å². The van der Waals surface area contributed by atoms with Gasteiger partial charge in [-0.15, -0.1) is 0 Å². The van der Waals surface area contributed by atoms with Crippen molar-refractivity contribution in [2.24, 2.45) is 0 Å². The summed E-state index contributed by atoms with van der Waals surface area (Å²) in [6, 6.07) is 3.76. The molecule has 7 nitrogen and oxygen atoms in total. The van der Waals surface area contributed by atoms with Crippen LogP contribution >= 0.6 is 15.9 Å². The fourth-order valence-corrected chi connectivity index (χ4v) is 2.02. The van der Waals surface area contributed by atoms with Crippen LogP contribution in [0.2, 0.25) is 0 Å². The van der Waals surface area contributed by atoms with E-state index < -0.39 is 0 Å². The fraction of sp³-hybridized carbons (Fsp3) is 0.533. The molecule has 0 unspecified atom stereocenters. The Balaban J connectivity index is 0.00000232. The molecule has 0 saturated carbocycles. The number of nitrogens with one attached hydrogen (secondary N) is 2. The van der Waals surface area contributed by atoms with Gasteiger partial charge in [-0.25, -0.2) is 0 Å². The number of aldehydes is 1. The van der Waals surface area contributed by atoms with Crippen LogP contribution in [-0.4, -0.2) is 36.6 Å². The van der Waals surface area contributed by atoms with Crippen LogP contribution in [-0.2, 0) is 11.3 Å². The summed E-state index contributed by atoms with van der Waals surface area (Å²) in [5.41, 5.74) is 0.569. The van der Waals surface area contributed by atoms with Crippen molar-refractivity contribution in [2.75, 3.05) is 20.3 Å². The van der Waals surface area contributed by atoms with E-state index in [1.165, 1.54) is 0 Å². The summed E-state index contributed by atoms with van der Waals surface area (Å²) in [7, 11) is 1.00. The predicted molar refractivity (Wildman–Crippen MR) is 90.3 cm³/mol. The lowest BCUT2D eigenvalue weighted by Crippen LogP contribution is -2.19. The number of aliphatic hydroxyl groups excluding tert-OH is 1. The lowest BCUT2D eigenvalue weighted by molar-refractivity contribution is -0.107. The normalized spacial score (nSPS) is 9.48. The van der Waals surface area contributed by atoms with Gasteiger partial charge in [0.2, 0.25) is 0 Å². The molecule has 0 aliphatic carbocycles. The third-order valence-electron chi connectivity index (χ3n) is 2.71. The summed E-state index contributed by atoms with van der Waals surface area (Å²) in [4.78, 5) is 24.5. The maximum absolute atomic E-state index is 11.6. The average Bonchev–Trinajstić information content (AvgIpc) is 2.57. The number of rotatable bonds is 10. The molecule has 0 aromatic carbocycles. The number of aromatic nitrogens is 1. The van der Waals surface area contributed by atoms with E-state index in [-0.39, 0.29) is 5.56 Å². The zero-order chi connectivity index (χ0) is 17.5. The molecule has 0 saturated heterocycles. The maximum atomic E-state index is 11.6. The van der Waals surface area contributed by atoms with Gasteiger partial charge in [-0.3, -0.25) is 9.78 Å². The second-order valence-corrected chi connectivity index (χ2v) is 5.25. The summed E-state index contributed by atoms with van der Waals surface area (Å²) in [6.45, 7) is 1.62. The number of nitriles is 1. The van der Waals surface area contributed by atoms with Gasteiger partial charge in [0, 0.05) is 32.1 Å². The van der Waals surface area contributed by atoms with Gasteiger partial charge in [0.25, 0.3) is 5.56 Å². The third kappa shape index (κ3) is 9.13.